The summed E-state index contributed by atoms with van der Waals surface area (Å²) in [4.78, 5) is 21.1. The molecule has 8 heteroatoms. The van der Waals surface area contributed by atoms with Crippen LogP contribution in [0.15, 0.2) is 28.0 Å². The second-order valence-electron chi connectivity index (χ2n) is 5.93. The van der Waals surface area contributed by atoms with Crippen LogP contribution in [-0.2, 0) is 5.75 Å². The molecule has 1 atom stereocenters. The fourth-order valence-corrected chi connectivity index (χ4v) is 3.98. The third-order valence-electron chi connectivity index (χ3n) is 4.49. The van der Waals surface area contributed by atoms with Gasteiger partial charge in [-0.15, -0.1) is 0 Å². The molecule has 2 saturated heterocycles. The minimum Gasteiger partial charge on any atom is -0.455 e. The monoisotopic (exact) mass is 333 g/mol. The molecule has 1 N–H and O–H groups in total. The molecule has 0 aromatic carbocycles. The third kappa shape index (κ3) is 3.13. The van der Waals surface area contributed by atoms with E-state index < -0.39 is 0 Å². The molecular weight excluding hydrogens is 314 g/mol. The first-order valence-electron chi connectivity index (χ1n) is 7.90. The molecule has 1 unspecified atom stereocenters. The van der Waals surface area contributed by atoms with Gasteiger partial charge in [0.2, 0.25) is 0 Å². The van der Waals surface area contributed by atoms with E-state index in [1.54, 1.807) is 6.07 Å². The predicted molar refractivity (Wildman–Crippen MR) is 85.2 cm³/mol. The zero-order valence-corrected chi connectivity index (χ0v) is 13.6. The molecule has 2 aliphatic heterocycles. The number of H-pyrrole nitrogens is 1. The molecule has 4 rings (SSSR count). The van der Waals surface area contributed by atoms with Crippen LogP contribution in [0.2, 0.25) is 0 Å². The second-order valence-corrected chi connectivity index (χ2v) is 6.89. The van der Waals surface area contributed by atoms with E-state index in [-0.39, 0.29) is 5.91 Å². The van der Waals surface area contributed by atoms with Crippen LogP contribution in [0.3, 0.4) is 0 Å². The van der Waals surface area contributed by atoms with Crippen molar-refractivity contribution in [2.24, 2.45) is 0 Å². The van der Waals surface area contributed by atoms with Gasteiger partial charge in [0.1, 0.15) is 12.1 Å². The Kier molecular flexibility index (Phi) is 4.09. The first-order chi connectivity index (χ1) is 11.3. The van der Waals surface area contributed by atoms with Crippen LogP contribution in [0.1, 0.15) is 29.2 Å². The number of aromatic amines is 1. The minimum atomic E-state index is 0.00691. The van der Waals surface area contributed by atoms with E-state index in [0.717, 1.165) is 30.6 Å². The largest absolute Gasteiger partial charge is 0.455 e. The van der Waals surface area contributed by atoms with Crippen LogP contribution >= 0.6 is 11.8 Å². The number of carbonyl (C=O) groups excluding carboxylic acids is 1. The number of aromatic nitrogens is 3. The number of nitrogens with one attached hydrogen (secondary N) is 1. The summed E-state index contributed by atoms with van der Waals surface area (Å²) in [5.74, 6) is 1.84. The molecular formula is C15H19N5O2S. The molecule has 4 heterocycles. The van der Waals surface area contributed by atoms with Crippen molar-refractivity contribution in [3.8, 4) is 0 Å². The average Bonchev–Trinajstić information content (AvgIpc) is 3.31. The number of hydrogen-bond acceptors (Lipinski definition) is 6. The minimum absolute atomic E-state index is 0.00691. The smallest absolute Gasteiger partial charge is 0.289 e. The number of hydrogen-bond donors (Lipinski definition) is 1. The van der Waals surface area contributed by atoms with Gasteiger partial charge in [-0.3, -0.25) is 14.8 Å². The lowest BCUT2D eigenvalue weighted by atomic mass is 10.1. The first-order valence-corrected chi connectivity index (χ1v) is 8.88. The Morgan fingerprint density at radius 2 is 2.35 bits per heavy atom. The topological polar surface area (TPSA) is 78.3 Å². The molecule has 0 saturated carbocycles. The molecule has 2 fully saturated rings. The molecule has 0 radical (unpaired) electrons. The molecule has 2 aliphatic rings. The number of furan rings is 1. The van der Waals surface area contributed by atoms with Crippen molar-refractivity contribution in [1.82, 2.24) is 25.0 Å². The van der Waals surface area contributed by atoms with Crippen LogP contribution in [0.25, 0.3) is 0 Å². The number of thioether (sulfide) groups is 1. The number of nitrogens with zero attached hydrogens (tertiary/aromatic N) is 4. The maximum absolute atomic E-state index is 12.6. The van der Waals surface area contributed by atoms with Crippen LogP contribution in [0.4, 0.5) is 0 Å². The third-order valence-corrected chi connectivity index (χ3v) is 5.39. The van der Waals surface area contributed by atoms with E-state index in [1.807, 2.05) is 11.0 Å². The maximum atomic E-state index is 12.6. The fourth-order valence-electron chi connectivity index (χ4n) is 3.31. The lowest BCUT2D eigenvalue weighted by Crippen LogP contribution is -2.51. The van der Waals surface area contributed by atoms with Gasteiger partial charge in [-0.1, -0.05) is 11.8 Å². The van der Waals surface area contributed by atoms with Crippen molar-refractivity contribution in [3.05, 3.63) is 30.0 Å². The number of piperazine rings is 1. The van der Waals surface area contributed by atoms with Crippen molar-refractivity contribution in [2.75, 3.05) is 26.2 Å². The van der Waals surface area contributed by atoms with Gasteiger partial charge in [0.05, 0.1) is 5.75 Å². The summed E-state index contributed by atoms with van der Waals surface area (Å²) in [5, 5.41) is 7.34. The Hall–Kier alpha value is -1.80. The summed E-state index contributed by atoms with van der Waals surface area (Å²) in [5.41, 5.74) is 0. The molecule has 122 valence electrons. The van der Waals surface area contributed by atoms with Crippen molar-refractivity contribution in [3.63, 3.8) is 0 Å². The van der Waals surface area contributed by atoms with Crippen LogP contribution in [0, 0.1) is 0 Å². The highest BCUT2D eigenvalue weighted by Gasteiger charge is 2.33. The summed E-state index contributed by atoms with van der Waals surface area (Å²) in [6.45, 7) is 3.77. The summed E-state index contributed by atoms with van der Waals surface area (Å²) in [6.07, 6.45) is 3.92. The molecule has 0 spiro atoms. The molecule has 0 bridgehead atoms. The Bertz CT molecular complexity index is 671. The van der Waals surface area contributed by atoms with Gasteiger partial charge in [0.25, 0.3) is 5.91 Å². The van der Waals surface area contributed by atoms with E-state index in [1.165, 1.54) is 37.5 Å². The van der Waals surface area contributed by atoms with Gasteiger partial charge in [-0.2, -0.15) is 5.10 Å². The molecule has 23 heavy (non-hydrogen) atoms. The number of rotatable bonds is 4. The Morgan fingerprint density at radius 3 is 3.22 bits per heavy atom. The average molecular weight is 333 g/mol. The highest BCUT2D eigenvalue weighted by Crippen LogP contribution is 2.24. The van der Waals surface area contributed by atoms with Crippen LogP contribution < -0.4 is 0 Å². The van der Waals surface area contributed by atoms with Crippen LogP contribution in [-0.4, -0.2) is 63.1 Å². The SMILES string of the molecule is O=C(c1ccc(CSc2ncn[nH]2)o1)N1CCN2CCCC2C1. The summed E-state index contributed by atoms with van der Waals surface area (Å²) in [6, 6.07) is 4.17. The van der Waals surface area contributed by atoms with E-state index in [0.29, 0.717) is 17.6 Å². The van der Waals surface area contributed by atoms with Gasteiger partial charge in [-0.05, 0) is 31.5 Å². The quantitative estimate of drug-likeness (QED) is 0.857. The number of fused-ring (bicyclic) bond motifs is 1. The normalized spacial score (nSPS) is 21.6. The molecule has 7 nitrogen and oxygen atoms in total. The van der Waals surface area contributed by atoms with Gasteiger partial charge in [-0.25, -0.2) is 4.98 Å². The Labute approximate surface area is 138 Å². The zero-order chi connectivity index (χ0) is 15.6. The summed E-state index contributed by atoms with van der Waals surface area (Å²) >= 11 is 1.50. The maximum Gasteiger partial charge on any atom is 0.289 e. The summed E-state index contributed by atoms with van der Waals surface area (Å²) in [7, 11) is 0. The van der Waals surface area contributed by atoms with Gasteiger partial charge < -0.3 is 9.32 Å². The van der Waals surface area contributed by atoms with E-state index >= 15 is 0 Å². The zero-order valence-electron chi connectivity index (χ0n) is 12.8. The standard InChI is InChI=1S/C15H19N5O2S/c21-14(20-7-6-19-5-1-2-11(19)8-20)13-4-3-12(22-13)9-23-15-16-10-17-18-15/h3-4,10-11H,1-2,5-9H2,(H,16,17,18). The predicted octanol–water partition coefficient (Wildman–Crippen LogP) is 1.61. The van der Waals surface area contributed by atoms with Crippen molar-refractivity contribution >= 4 is 17.7 Å². The first kappa shape index (κ1) is 14.8. The Morgan fingerprint density at radius 1 is 1.39 bits per heavy atom. The van der Waals surface area contributed by atoms with Gasteiger partial charge >= 0.3 is 0 Å². The lowest BCUT2D eigenvalue weighted by molar-refractivity contribution is 0.0540. The number of carbonyl (C=O) groups is 1. The fraction of sp³-hybridized carbons (Fsp3) is 0.533. The van der Waals surface area contributed by atoms with Crippen LogP contribution in [0.5, 0.6) is 0 Å². The van der Waals surface area contributed by atoms with Crippen molar-refractivity contribution < 1.29 is 9.21 Å². The van der Waals surface area contributed by atoms with Crippen molar-refractivity contribution in [1.29, 1.82) is 0 Å². The van der Waals surface area contributed by atoms with E-state index in [2.05, 4.69) is 20.1 Å². The lowest BCUT2D eigenvalue weighted by Gasteiger charge is -2.37. The van der Waals surface area contributed by atoms with E-state index in [4.69, 9.17) is 4.42 Å². The molecule has 1 amide bonds. The van der Waals surface area contributed by atoms with Gasteiger partial charge in [0.15, 0.2) is 10.9 Å². The molecule has 0 aliphatic carbocycles. The van der Waals surface area contributed by atoms with Crippen molar-refractivity contribution in [2.45, 2.75) is 29.8 Å². The molecule has 2 aromatic heterocycles. The highest BCUT2D eigenvalue weighted by molar-refractivity contribution is 7.98. The Balaban J connectivity index is 1.37. The molecule has 2 aromatic rings. The second kappa shape index (κ2) is 6.37. The highest BCUT2D eigenvalue weighted by atomic mass is 32.2. The van der Waals surface area contributed by atoms with E-state index in [9.17, 15) is 4.79 Å². The van der Waals surface area contributed by atoms with Gasteiger partial charge in [0, 0.05) is 25.7 Å². The summed E-state index contributed by atoms with van der Waals surface area (Å²) < 4.78 is 5.72. The number of amides is 1.